The van der Waals surface area contributed by atoms with E-state index in [2.05, 4.69) is 205 Å². The van der Waals surface area contributed by atoms with Gasteiger partial charge in [-0.05, 0) is 91.3 Å². The van der Waals surface area contributed by atoms with E-state index in [9.17, 15) is 0 Å². The second-order valence-electron chi connectivity index (χ2n) is 13.3. The number of thiophene rings is 1. The van der Waals surface area contributed by atoms with E-state index in [-0.39, 0.29) is 0 Å². The van der Waals surface area contributed by atoms with Gasteiger partial charge in [0.1, 0.15) is 0 Å². The Bertz CT molecular complexity index is 2890. The third kappa shape index (κ3) is 5.16. The summed E-state index contributed by atoms with van der Waals surface area (Å²) in [5, 5.41) is 7.60. The van der Waals surface area contributed by atoms with Gasteiger partial charge >= 0.3 is 0 Å². The predicted octanol–water partition coefficient (Wildman–Crippen LogP) is 14.8. The molecule has 52 heavy (non-hydrogen) atoms. The zero-order valence-corrected chi connectivity index (χ0v) is 29.2. The smallest absolute Gasteiger partial charge is 0.0640 e. The van der Waals surface area contributed by atoms with Crippen LogP contribution in [0.2, 0.25) is 0 Å². The molecule has 0 aliphatic heterocycles. The molecule has 1 nitrogen and oxygen atoms in total. The number of hydrogen-bond donors (Lipinski definition) is 0. The highest BCUT2D eigenvalue weighted by Crippen LogP contribution is 2.47. The van der Waals surface area contributed by atoms with Gasteiger partial charge in [0.2, 0.25) is 0 Å². The zero-order chi connectivity index (χ0) is 34.4. The summed E-state index contributed by atoms with van der Waals surface area (Å²) >= 11 is 1.87. The van der Waals surface area contributed by atoms with Crippen LogP contribution in [-0.4, -0.2) is 0 Å². The lowest BCUT2D eigenvalue weighted by molar-refractivity contribution is 1.30. The lowest BCUT2D eigenvalue weighted by atomic mass is 9.90. The van der Waals surface area contributed by atoms with Crippen molar-refractivity contribution in [3.05, 3.63) is 200 Å². The van der Waals surface area contributed by atoms with Crippen LogP contribution in [0.4, 0.5) is 17.1 Å². The number of rotatable bonds is 6. The zero-order valence-electron chi connectivity index (χ0n) is 28.4. The molecule has 0 N–H and O–H groups in total. The van der Waals surface area contributed by atoms with E-state index in [0.717, 1.165) is 11.4 Å². The molecule has 0 saturated carbocycles. The molecule has 9 aromatic carbocycles. The Hall–Kier alpha value is -6.48. The van der Waals surface area contributed by atoms with Crippen LogP contribution in [0.3, 0.4) is 0 Å². The van der Waals surface area contributed by atoms with Gasteiger partial charge in [-0.15, -0.1) is 11.3 Å². The van der Waals surface area contributed by atoms with Crippen molar-refractivity contribution >= 4 is 70.1 Å². The molecule has 1 heterocycles. The lowest BCUT2D eigenvalue weighted by Crippen LogP contribution is -2.10. The molecule has 0 saturated heterocycles. The van der Waals surface area contributed by atoms with Crippen molar-refractivity contribution in [3.8, 4) is 33.4 Å². The minimum atomic E-state index is 1.12. The summed E-state index contributed by atoms with van der Waals surface area (Å²) in [6, 6.07) is 73.0. The molecule has 0 aliphatic carbocycles. The first-order valence-electron chi connectivity index (χ1n) is 17.8. The summed E-state index contributed by atoms with van der Waals surface area (Å²) in [4.78, 5) is 2.45. The van der Waals surface area contributed by atoms with E-state index in [4.69, 9.17) is 0 Å². The fourth-order valence-electron chi connectivity index (χ4n) is 7.83. The largest absolute Gasteiger partial charge is 0.309 e. The van der Waals surface area contributed by atoms with Crippen LogP contribution >= 0.6 is 11.3 Å². The van der Waals surface area contributed by atoms with Gasteiger partial charge in [0, 0.05) is 26.8 Å². The average molecular weight is 680 g/mol. The van der Waals surface area contributed by atoms with E-state index < -0.39 is 0 Å². The predicted molar refractivity (Wildman–Crippen MR) is 225 cm³/mol. The van der Waals surface area contributed by atoms with Crippen molar-refractivity contribution in [1.29, 1.82) is 0 Å². The van der Waals surface area contributed by atoms with Crippen molar-refractivity contribution in [1.82, 2.24) is 0 Å². The number of benzene rings is 9. The van der Waals surface area contributed by atoms with Gasteiger partial charge in [-0.3, -0.25) is 0 Å². The summed E-state index contributed by atoms with van der Waals surface area (Å²) in [7, 11) is 0. The van der Waals surface area contributed by atoms with E-state index >= 15 is 0 Å². The van der Waals surface area contributed by atoms with Gasteiger partial charge in [0.05, 0.1) is 10.4 Å². The Labute approximate surface area is 307 Å². The number of fused-ring (bicyclic) bond motifs is 5. The summed E-state index contributed by atoms with van der Waals surface area (Å²) in [6.07, 6.45) is 0. The third-order valence-corrected chi connectivity index (χ3v) is 11.5. The highest BCUT2D eigenvalue weighted by Gasteiger charge is 2.21. The lowest BCUT2D eigenvalue weighted by Gasteiger charge is -2.27. The molecule has 0 atom stereocenters. The van der Waals surface area contributed by atoms with E-state index in [1.54, 1.807) is 0 Å². The van der Waals surface area contributed by atoms with Crippen LogP contribution in [-0.2, 0) is 0 Å². The van der Waals surface area contributed by atoms with E-state index in [1.807, 2.05) is 11.3 Å². The number of hydrogen-bond acceptors (Lipinski definition) is 2. The second kappa shape index (κ2) is 12.7. The van der Waals surface area contributed by atoms with Crippen molar-refractivity contribution in [2.45, 2.75) is 0 Å². The highest BCUT2D eigenvalue weighted by atomic mass is 32.1. The van der Waals surface area contributed by atoms with E-state index in [0.29, 0.717) is 0 Å². The SMILES string of the molecule is c1ccc(-c2cc(N(c3ccc(-c4cccc5ccccc45)cc3)c3cccc4c3sc3ccccc34)ccc2-c2cccc3ccccc23)cc1. The number of anilines is 3. The first-order valence-corrected chi connectivity index (χ1v) is 18.6. The van der Waals surface area contributed by atoms with Gasteiger partial charge in [-0.1, -0.05) is 164 Å². The highest BCUT2D eigenvalue weighted by molar-refractivity contribution is 7.26. The maximum atomic E-state index is 2.45. The summed E-state index contributed by atoms with van der Waals surface area (Å²) < 4.78 is 2.58. The molecule has 0 unspecified atom stereocenters. The summed E-state index contributed by atoms with van der Waals surface area (Å²) in [5.41, 5.74) is 10.7. The van der Waals surface area contributed by atoms with E-state index in [1.165, 1.54) is 80.8 Å². The molecule has 0 spiro atoms. The van der Waals surface area contributed by atoms with Gasteiger partial charge in [-0.25, -0.2) is 0 Å². The molecule has 10 rings (SSSR count). The fraction of sp³-hybridized carbons (Fsp3) is 0. The molecule has 0 amide bonds. The normalized spacial score (nSPS) is 11.5. The van der Waals surface area contributed by atoms with Crippen molar-refractivity contribution in [2.75, 3.05) is 4.90 Å². The second-order valence-corrected chi connectivity index (χ2v) is 14.3. The Morgan fingerprint density at radius 3 is 1.65 bits per heavy atom. The van der Waals surface area contributed by atoms with Crippen molar-refractivity contribution in [3.63, 3.8) is 0 Å². The molecule has 0 bridgehead atoms. The third-order valence-electron chi connectivity index (χ3n) is 10.3. The molecular formula is C50H33NS. The summed E-state index contributed by atoms with van der Waals surface area (Å²) in [5.74, 6) is 0. The Balaban J connectivity index is 1.20. The molecular weight excluding hydrogens is 647 g/mol. The summed E-state index contributed by atoms with van der Waals surface area (Å²) in [6.45, 7) is 0. The molecule has 0 radical (unpaired) electrons. The molecule has 0 fully saturated rings. The van der Waals surface area contributed by atoms with Crippen LogP contribution < -0.4 is 4.90 Å². The van der Waals surface area contributed by atoms with Gasteiger partial charge in [0.25, 0.3) is 0 Å². The molecule has 2 heteroatoms. The van der Waals surface area contributed by atoms with Gasteiger partial charge in [-0.2, -0.15) is 0 Å². The van der Waals surface area contributed by atoms with Gasteiger partial charge < -0.3 is 4.90 Å². The first kappa shape index (κ1) is 30.4. The van der Waals surface area contributed by atoms with Crippen LogP contribution in [0.1, 0.15) is 0 Å². The first-order chi connectivity index (χ1) is 25.8. The minimum Gasteiger partial charge on any atom is -0.309 e. The Morgan fingerprint density at radius 2 is 0.885 bits per heavy atom. The average Bonchev–Trinajstić information content (AvgIpc) is 3.61. The van der Waals surface area contributed by atoms with Crippen LogP contribution in [0.5, 0.6) is 0 Å². The topological polar surface area (TPSA) is 3.24 Å². The molecule has 10 aromatic rings. The van der Waals surface area contributed by atoms with Crippen LogP contribution in [0, 0.1) is 0 Å². The van der Waals surface area contributed by atoms with Crippen LogP contribution in [0.25, 0.3) is 75.1 Å². The number of nitrogens with zero attached hydrogens (tertiary/aromatic N) is 1. The standard InChI is InChI=1S/C50H33NS/c1-2-13-36(14-3-1)47-33-39(31-32-44(47)43-23-11-18-35-16-5-7-20-42(35)43)51(48-25-12-24-46-45-21-8-9-26-49(45)52-50(46)48)38-29-27-37(28-30-38)41-22-10-17-34-15-4-6-19-40(34)41/h1-33H. The van der Waals surface area contributed by atoms with Crippen molar-refractivity contribution in [2.24, 2.45) is 0 Å². The minimum absolute atomic E-state index is 1.12. The maximum absolute atomic E-state index is 2.45. The Morgan fingerprint density at radius 1 is 0.327 bits per heavy atom. The molecule has 244 valence electrons. The maximum Gasteiger partial charge on any atom is 0.0640 e. The molecule has 0 aliphatic rings. The van der Waals surface area contributed by atoms with Gasteiger partial charge in [0.15, 0.2) is 0 Å². The van der Waals surface area contributed by atoms with Crippen LogP contribution in [0.15, 0.2) is 200 Å². The molecule has 1 aromatic heterocycles. The monoisotopic (exact) mass is 679 g/mol. The fourth-order valence-corrected chi connectivity index (χ4v) is 9.03. The van der Waals surface area contributed by atoms with Crippen molar-refractivity contribution < 1.29 is 0 Å². The quantitative estimate of drug-likeness (QED) is 0.169. The Kier molecular flexibility index (Phi) is 7.41.